The third-order valence-corrected chi connectivity index (χ3v) is 4.02. The van der Waals surface area contributed by atoms with Crippen LogP contribution in [0.25, 0.3) is 0 Å². The molecular weight excluding hydrogens is 230 g/mol. The molecule has 1 rings (SSSR count). The first-order chi connectivity index (χ1) is 7.95. The van der Waals surface area contributed by atoms with Crippen LogP contribution < -0.4 is 5.32 Å². The van der Waals surface area contributed by atoms with Crippen molar-refractivity contribution in [2.24, 2.45) is 11.3 Å². The summed E-state index contributed by atoms with van der Waals surface area (Å²) in [5, 5.41) is 3.48. The Hall–Kier alpha value is -0.410. The summed E-state index contributed by atoms with van der Waals surface area (Å²) in [5.41, 5.74) is 0.328. The van der Waals surface area contributed by atoms with E-state index in [9.17, 15) is 0 Å². The molecule has 1 heterocycles. The average Bonchev–Trinajstić information content (AvgIpc) is 2.66. The van der Waals surface area contributed by atoms with Crippen LogP contribution >= 0.6 is 11.8 Å². The third-order valence-electron chi connectivity index (χ3n) is 3.45. The van der Waals surface area contributed by atoms with E-state index in [1.165, 1.54) is 0 Å². The van der Waals surface area contributed by atoms with Gasteiger partial charge in [0.25, 0.3) is 0 Å². The van der Waals surface area contributed by atoms with E-state index < -0.39 is 0 Å². The molecule has 0 aliphatic rings. The van der Waals surface area contributed by atoms with E-state index in [0.717, 1.165) is 30.4 Å². The first-order valence-corrected chi connectivity index (χ1v) is 7.62. The second-order valence-electron chi connectivity index (χ2n) is 5.55. The monoisotopic (exact) mass is 255 g/mol. The molecule has 0 amide bonds. The van der Waals surface area contributed by atoms with Gasteiger partial charge < -0.3 is 9.73 Å². The van der Waals surface area contributed by atoms with Crippen LogP contribution in [0.3, 0.4) is 0 Å². The van der Waals surface area contributed by atoms with E-state index in [1.807, 2.05) is 0 Å². The molecule has 1 aromatic rings. The molecule has 0 unspecified atom stereocenters. The molecule has 0 saturated heterocycles. The SMILES string of the molecule is CSCc1ccc(CNCC(C)(C)C(C)C)o1. The van der Waals surface area contributed by atoms with Crippen molar-refractivity contribution in [3.05, 3.63) is 23.7 Å². The lowest BCUT2D eigenvalue weighted by Gasteiger charge is -2.29. The number of rotatable bonds is 7. The molecule has 0 bridgehead atoms. The molecule has 2 nitrogen and oxygen atoms in total. The van der Waals surface area contributed by atoms with E-state index >= 15 is 0 Å². The first kappa shape index (κ1) is 14.7. The van der Waals surface area contributed by atoms with Crippen molar-refractivity contribution >= 4 is 11.8 Å². The Labute approximate surface area is 110 Å². The summed E-state index contributed by atoms with van der Waals surface area (Å²) in [7, 11) is 0. The van der Waals surface area contributed by atoms with Gasteiger partial charge in [-0.05, 0) is 29.7 Å². The standard InChI is InChI=1S/C14H25NOS/c1-11(2)14(3,4)10-15-8-12-6-7-13(16-12)9-17-5/h6-7,11,15H,8-10H2,1-5H3. The van der Waals surface area contributed by atoms with Gasteiger partial charge in [-0.15, -0.1) is 0 Å². The Kier molecular flexibility index (Phi) is 5.60. The molecule has 0 aliphatic carbocycles. The highest BCUT2D eigenvalue weighted by Crippen LogP contribution is 2.24. The second kappa shape index (κ2) is 6.50. The maximum absolute atomic E-state index is 5.72. The highest BCUT2D eigenvalue weighted by Gasteiger charge is 2.21. The Morgan fingerprint density at radius 2 is 1.94 bits per heavy atom. The van der Waals surface area contributed by atoms with Gasteiger partial charge in [0.05, 0.1) is 12.3 Å². The molecule has 17 heavy (non-hydrogen) atoms. The Morgan fingerprint density at radius 1 is 1.29 bits per heavy atom. The van der Waals surface area contributed by atoms with Gasteiger partial charge in [-0.2, -0.15) is 11.8 Å². The summed E-state index contributed by atoms with van der Waals surface area (Å²) in [6.07, 6.45) is 2.09. The topological polar surface area (TPSA) is 25.2 Å². The molecule has 1 aromatic heterocycles. The molecule has 0 aromatic carbocycles. The highest BCUT2D eigenvalue weighted by atomic mass is 32.2. The minimum atomic E-state index is 0.328. The van der Waals surface area contributed by atoms with Crippen LogP contribution in [0, 0.1) is 11.3 Å². The van der Waals surface area contributed by atoms with Gasteiger partial charge >= 0.3 is 0 Å². The lowest BCUT2D eigenvalue weighted by Crippen LogP contribution is -2.33. The van der Waals surface area contributed by atoms with Gasteiger partial charge in [-0.25, -0.2) is 0 Å². The molecule has 0 radical (unpaired) electrons. The zero-order valence-electron chi connectivity index (χ0n) is 11.7. The lowest BCUT2D eigenvalue weighted by molar-refractivity contribution is 0.235. The molecular formula is C14H25NOS. The van der Waals surface area contributed by atoms with Gasteiger partial charge in [0.15, 0.2) is 0 Å². The number of thioether (sulfide) groups is 1. The highest BCUT2D eigenvalue weighted by molar-refractivity contribution is 7.97. The van der Waals surface area contributed by atoms with Crippen molar-refractivity contribution in [1.82, 2.24) is 5.32 Å². The molecule has 1 N–H and O–H groups in total. The summed E-state index contributed by atoms with van der Waals surface area (Å²) >= 11 is 1.79. The third kappa shape index (κ3) is 4.76. The predicted molar refractivity (Wildman–Crippen MR) is 76.3 cm³/mol. The fourth-order valence-electron chi connectivity index (χ4n) is 1.45. The molecule has 0 aliphatic heterocycles. The van der Waals surface area contributed by atoms with Crippen LogP contribution in [0.5, 0.6) is 0 Å². The van der Waals surface area contributed by atoms with Crippen LogP contribution in [0.1, 0.15) is 39.2 Å². The fourth-order valence-corrected chi connectivity index (χ4v) is 1.89. The second-order valence-corrected chi connectivity index (χ2v) is 6.41. The van der Waals surface area contributed by atoms with Crippen LogP contribution in [-0.2, 0) is 12.3 Å². The average molecular weight is 255 g/mol. The van der Waals surface area contributed by atoms with Crippen molar-refractivity contribution in [2.75, 3.05) is 12.8 Å². The van der Waals surface area contributed by atoms with Gasteiger partial charge in [0.1, 0.15) is 11.5 Å². The van der Waals surface area contributed by atoms with Crippen molar-refractivity contribution in [3.8, 4) is 0 Å². The first-order valence-electron chi connectivity index (χ1n) is 6.23. The van der Waals surface area contributed by atoms with Gasteiger partial charge in [-0.1, -0.05) is 27.7 Å². The molecule has 0 saturated carbocycles. The summed E-state index contributed by atoms with van der Waals surface area (Å²) in [6, 6.07) is 4.14. The van der Waals surface area contributed by atoms with Crippen molar-refractivity contribution in [3.63, 3.8) is 0 Å². The van der Waals surface area contributed by atoms with E-state index in [1.54, 1.807) is 11.8 Å². The maximum atomic E-state index is 5.72. The molecule has 98 valence electrons. The zero-order valence-corrected chi connectivity index (χ0v) is 12.5. The number of hydrogen-bond acceptors (Lipinski definition) is 3. The number of hydrogen-bond donors (Lipinski definition) is 1. The summed E-state index contributed by atoms with van der Waals surface area (Å²) in [4.78, 5) is 0. The van der Waals surface area contributed by atoms with E-state index in [4.69, 9.17) is 4.42 Å². The maximum Gasteiger partial charge on any atom is 0.118 e. The predicted octanol–water partition coefficient (Wildman–Crippen LogP) is 3.91. The smallest absolute Gasteiger partial charge is 0.118 e. The van der Waals surface area contributed by atoms with E-state index in [-0.39, 0.29) is 0 Å². The Morgan fingerprint density at radius 3 is 2.53 bits per heavy atom. The Balaban J connectivity index is 2.35. The molecule has 0 atom stereocenters. The minimum absolute atomic E-state index is 0.328. The summed E-state index contributed by atoms with van der Waals surface area (Å²) in [6.45, 7) is 11.0. The zero-order chi connectivity index (χ0) is 12.9. The van der Waals surface area contributed by atoms with Crippen LogP contribution in [0.15, 0.2) is 16.5 Å². The van der Waals surface area contributed by atoms with Crippen molar-refractivity contribution in [2.45, 2.75) is 40.0 Å². The normalized spacial score (nSPS) is 12.4. The van der Waals surface area contributed by atoms with Gasteiger partial charge in [0.2, 0.25) is 0 Å². The van der Waals surface area contributed by atoms with Gasteiger partial charge in [-0.3, -0.25) is 0 Å². The molecule has 0 spiro atoms. The minimum Gasteiger partial charge on any atom is -0.464 e. The van der Waals surface area contributed by atoms with Crippen molar-refractivity contribution in [1.29, 1.82) is 0 Å². The molecule has 0 fully saturated rings. The Bertz CT molecular complexity index is 331. The van der Waals surface area contributed by atoms with Crippen LogP contribution in [0.2, 0.25) is 0 Å². The largest absolute Gasteiger partial charge is 0.464 e. The lowest BCUT2D eigenvalue weighted by atomic mass is 9.81. The van der Waals surface area contributed by atoms with E-state index in [0.29, 0.717) is 11.3 Å². The fraction of sp³-hybridized carbons (Fsp3) is 0.714. The van der Waals surface area contributed by atoms with E-state index in [2.05, 4.69) is 51.4 Å². The van der Waals surface area contributed by atoms with Crippen LogP contribution in [-0.4, -0.2) is 12.8 Å². The number of nitrogens with one attached hydrogen (secondary N) is 1. The summed E-state index contributed by atoms with van der Waals surface area (Å²) in [5.74, 6) is 3.74. The molecule has 3 heteroatoms. The number of furan rings is 1. The van der Waals surface area contributed by atoms with Crippen LogP contribution in [0.4, 0.5) is 0 Å². The quantitative estimate of drug-likeness (QED) is 0.799. The summed E-state index contributed by atoms with van der Waals surface area (Å²) < 4.78 is 5.72. The van der Waals surface area contributed by atoms with Gasteiger partial charge in [0, 0.05) is 6.54 Å². The van der Waals surface area contributed by atoms with Crippen molar-refractivity contribution < 1.29 is 4.42 Å².